The summed E-state index contributed by atoms with van der Waals surface area (Å²) in [6, 6.07) is 13.5. The molecule has 0 fully saturated rings. The standard InChI is InChI=1S/C23H19Cl2N5OS/c1-30(2)12-14-5-4-6-17(28-14)21-9-19-23(32-21)22(13(10-26)11-27-19)29-18-8-20(31-3)16(25)7-15(18)24/h4-9,11H,12H2,1-3H3,(H,27,29). The van der Waals surface area contributed by atoms with E-state index >= 15 is 0 Å². The predicted octanol–water partition coefficient (Wildman–Crippen LogP) is 6.35. The Kier molecular flexibility index (Phi) is 6.49. The van der Waals surface area contributed by atoms with Crippen molar-refractivity contribution in [3.8, 4) is 22.4 Å². The number of hydrogen-bond acceptors (Lipinski definition) is 7. The van der Waals surface area contributed by atoms with Crippen LogP contribution in [0, 0.1) is 11.3 Å². The summed E-state index contributed by atoms with van der Waals surface area (Å²) < 4.78 is 6.14. The minimum Gasteiger partial charge on any atom is -0.495 e. The molecule has 32 heavy (non-hydrogen) atoms. The third-order valence-electron chi connectivity index (χ3n) is 4.70. The third-order valence-corrected chi connectivity index (χ3v) is 6.47. The molecule has 4 rings (SSSR count). The highest BCUT2D eigenvalue weighted by atomic mass is 35.5. The number of pyridine rings is 2. The highest BCUT2D eigenvalue weighted by Gasteiger charge is 2.17. The van der Waals surface area contributed by atoms with Crippen molar-refractivity contribution in [1.29, 1.82) is 5.26 Å². The molecule has 0 saturated carbocycles. The zero-order chi connectivity index (χ0) is 22.8. The molecule has 6 nitrogen and oxygen atoms in total. The summed E-state index contributed by atoms with van der Waals surface area (Å²) in [5.41, 5.74) is 4.23. The number of methoxy groups -OCH3 is 1. The molecular formula is C23H19Cl2N5OS. The van der Waals surface area contributed by atoms with Crippen LogP contribution in [-0.2, 0) is 6.54 Å². The van der Waals surface area contributed by atoms with Crippen LogP contribution in [0.2, 0.25) is 10.0 Å². The summed E-state index contributed by atoms with van der Waals surface area (Å²) in [5.74, 6) is 0.483. The van der Waals surface area contributed by atoms with E-state index in [1.165, 1.54) is 18.4 Å². The molecule has 0 radical (unpaired) electrons. The lowest BCUT2D eigenvalue weighted by atomic mass is 10.2. The van der Waals surface area contributed by atoms with Gasteiger partial charge in [-0.3, -0.25) is 9.97 Å². The van der Waals surface area contributed by atoms with Gasteiger partial charge in [-0.25, -0.2) is 0 Å². The van der Waals surface area contributed by atoms with Crippen LogP contribution in [0.25, 0.3) is 20.8 Å². The van der Waals surface area contributed by atoms with E-state index in [-0.39, 0.29) is 0 Å². The smallest absolute Gasteiger partial charge is 0.139 e. The number of nitrogens with zero attached hydrogens (tertiary/aromatic N) is 4. The van der Waals surface area contributed by atoms with Crippen molar-refractivity contribution in [3.63, 3.8) is 0 Å². The van der Waals surface area contributed by atoms with Crippen molar-refractivity contribution < 1.29 is 4.74 Å². The number of fused-ring (bicyclic) bond motifs is 1. The lowest BCUT2D eigenvalue weighted by molar-refractivity contribution is 0.397. The lowest BCUT2D eigenvalue weighted by Gasteiger charge is -2.13. The largest absolute Gasteiger partial charge is 0.495 e. The maximum atomic E-state index is 9.69. The number of halogens is 2. The van der Waals surface area contributed by atoms with Gasteiger partial charge in [-0.1, -0.05) is 29.3 Å². The first kappa shape index (κ1) is 22.3. The van der Waals surface area contributed by atoms with Gasteiger partial charge in [-0.05, 0) is 38.4 Å². The number of nitrogens with one attached hydrogen (secondary N) is 1. The number of hydrogen-bond donors (Lipinski definition) is 1. The molecule has 162 valence electrons. The monoisotopic (exact) mass is 483 g/mol. The van der Waals surface area contributed by atoms with Gasteiger partial charge in [0.25, 0.3) is 0 Å². The summed E-state index contributed by atoms with van der Waals surface area (Å²) in [5, 5.41) is 13.8. The SMILES string of the molecule is COc1cc(Nc2c(C#N)cnc3cc(-c4cccc(CN(C)C)n4)sc23)c(Cl)cc1Cl. The molecule has 4 aromatic rings. The molecule has 0 atom stereocenters. The predicted molar refractivity (Wildman–Crippen MR) is 131 cm³/mol. The van der Waals surface area contributed by atoms with Gasteiger partial charge in [0.2, 0.25) is 0 Å². The minimum atomic E-state index is 0.408. The average Bonchev–Trinajstić information content (AvgIpc) is 3.20. The summed E-state index contributed by atoms with van der Waals surface area (Å²) in [4.78, 5) is 12.3. The minimum absolute atomic E-state index is 0.408. The fourth-order valence-corrected chi connectivity index (χ4v) is 4.85. The Bertz CT molecular complexity index is 1350. The van der Waals surface area contributed by atoms with E-state index in [1.54, 1.807) is 18.3 Å². The molecule has 0 aliphatic heterocycles. The molecule has 0 aliphatic carbocycles. The molecule has 0 spiro atoms. The Morgan fingerprint density at radius 3 is 2.72 bits per heavy atom. The van der Waals surface area contributed by atoms with Crippen LogP contribution in [-0.4, -0.2) is 36.1 Å². The van der Waals surface area contributed by atoms with Crippen LogP contribution >= 0.6 is 34.5 Å². The maximum absolute atomic E-state index is 9.69. The topological polar surface area (TPSA) is 74.1 Å². The van der Waals surface area contributed by atoms with Gasteiger partial charge in [-0.15, -0.1) is 11.3 Å². The second kappa shape index (κ2) is 9.31. The molecule has 1 aromatic carbocycles. The summed E-state index contributed by atoms with van der Waals surface area (Å²) in [7, 11) is 5.55. The molecule has 0 bridgehead atoms. The maximum Gasteiger partial charge on any atom is 0.139 e. The number of anilines is 2. The zero-order valence-corrected chi connectivity index (χ0v) is 19.9. The Balaban J connectivity index is 1.81. The van der Waals surface area contributed by atoms with E-state index in [1.807, 2.05) is 38.4 Å². The van der Waals surface area contributed by atoms with Crippen molar-refractivity contribution in [2.75, 3.05) is 26.5 Å². The Morgan fingerprint density at radius 1 is 1.19 bits per heavy atom. The van der Waals surface area contributed by atoms with Crippen molar-refractivity contribution in [3.05, 3.63) is 63.9 Å². The van der Waals surface area contributed by atoms with Gasteiger partial charge in [0.1, 0.15) is 11.8 Å². The molecule has 3 heterocycles. The third kappa shape index (κ3) is 4.50. The van der Waals surface area contributed by atoms with Gasteiger partial charge in [0.05, 0.1) is 60.6 Å². The van der Waals surface area contributed by atoms with Crippen LogP contribution in [0.5, 0.6) is 5.75 Å². The first-order valence-electron chi connectivity index (χ1n) is 9.63. The quantitative estimate of drug-likeness (QED) is 0.344. The molecule has 1 N–H and O–H groups in total. The fourth-order valence-electron chi connectivity index (χ4n) is 3.26. The van der Waals surface area contributed by atoms with E-state index in [4.69, 9.17) is 32.9 Å². The number of benzene rings is 1. The van der Waals surface area contributed by atoms with Crippen molar-refractivity contribution in [1.82, 2.24) is 14.9 Å². The van der Waals surface area contributed by atoms with E-state index in [0.29, 0.717) is 32.7 Å². The number of aromatic nitrogens is 2. The highest BCUT2D eigenvalue weighted by Crippen LogP contribution is 2.41. The first-order chi connectivity index (χ1) is 15.4. The second-order valence-corrected chi connectivity index (χ2v) is 9.19. The summed E-state index contributed by atoms with van der Waals surface area (Å²) in [6.45, 7) is 0.749. The Morgan fingerprint density at radius 2 is 2.00 bits per heavy atom. The second-order valence-electron chi connectivity index (χ2n) is 7.33. The van der Waals surface area contributed by atoms with Gasteiger partial charge in [0.15, 0.2) is 0 Å². The Labute approximate surface area is 200 Å². The van der Waals surface area contributed by atoms with Crippen LogP contribution in [0.15, 0.2) is 42.6 Å². The van der Waals surface area contributed by atoms with E-state index in [0.717, 1.165) is 33.0 Å². The summed E-state index contributed by atoms with van der Waals surface area (Å²) >= 11 is 14.1. The number of ether oxygens (including phenoxy) is 1. The number of nitriles is 1. The number of thiophene rings is 1. The molecule has 9 heteroatoms. The van der Waals surface area contributed by atoms with Crippen molar-refractivity contribution >= 4 is 56.1 Å². The zero-order valence-electron chi connectivity index (χ0n) is 17.6. The molecule has 0 unspecified atom stereocenters. The van der Waals surface area contributed by atoms with E-state index in [2.05, 4.69) is 21.3 Å². The molecule has 0 saturated heterocycles. The van der Waals surface area contributed by atoms with Crippen molar-refractivity contribution in [2.24, 2.45) is 0 Å². The van der Waals surface area contributed by atoms with E-state index < -0.39 is 0 Å². The molecule has 0 aliphatic rings. The molecular weight excluding hydrogens is 465 g/mol. The lowest BCUT2D eigenvalue weighted by Crippen LogP contribution is -2.11. The van der Waals surface area contributed by atoms with E-state index in [9.17, 15) is 5.26 Å². The first-order valence-corrected chi connectivity index (χ1v) is 11.2. The molecule has 0 amide bonds. The van der Waals surface area contributed by atoms with Gasteiger partial charge in [0, 0.05) is 18.8 Å². The highest BCUT2D eigenvalue weighted by molar-refractivity contribution is 7.22. The van der Waals surface area contributed by atoms with Crippen LogP contribution in [0.3, 0.4) is 0 Å². The van der Waals surface area contributed by atoms with Gasteiger partial charge in [-0.2, -0.15) is 5.26 Å². The average molecular weight is 484 g/mol. The van der Waals surface area contributed by atoms with Gasteiger partial charge < -0.3 is 15.0 Å². The Hall–Kier alpha value is -2.89. The van der Waals surface area contributed by atoms with Crippen LogP contribution < -0.4 is 10.1 Å². The number of rotatable bonds is 6. The van der Waals surface area contributed by atoms with Crippen LogP contribution in [0.1, 0.15) is 11.3 Å². The van der Waals surface area contributed by atoms with Crippen LogP contribution in [0.4, 0.5) is 11.4 Å². The normalized spacial score (nSPS) is 11.0. The summed E-state index contributed by atoms with van der Waals surface area (Å²) in [6.07, 6.45) is 1.55. The van der Waals surface area contributed by atoms with Gasteiger partial charge >= 0.3 is 0 Å². The fraction of sp³-hybridized carbons (Fsp3) is 0.174. The molecule has 3 aromatic heterocycles. The van der Waals surface area contributed by atoms with Crippen molar-refractivity contribution in [2.45, 2.75) is 6.54 Å².